The molecular formula is C10H11FN4. The lowest BCUT2D eigenvalue weighted by atomic mass is 10.2. The first-order chi connectivity index (χ1) is 7.31. The fourth-order valence-corrected chi connectivity index (χ4v) is 1.33. The lowest BCUT2D eigenvalue weighted by Crippen LogP contribution is -2.04. The number of rotatable bonds is 3. The van der Waals surface area contributed by atoms with Crippen LogP contribution in [0.3, 0.4) is 0 Å². The zero-order chi connectivity index (χ0) is 10.7. The number of hydrogen-bond acceptors (Lipinski definition) is 4. The SMILES string of the molecule is NCCCc1nnc2c(F)cccc2n1. The molecule has 15 heavy (non-hydrogen) atoms. The second-order valence-corrected chi connectivity index (χ2v) is 3.23. The van der Waals surface area contributed by atoms with E-state index in [1.807, 2.05) is 0 Å². The third kappa shape index (κ3) is 2.07. The highest BCUT2D eigenvalue weighted by atomic mass is 19.1. The summed E-state index contributed by atoms with van der Waals surface area (Å²) in [6.07, 6.45) is 1.48. The van der Waals surface area contributed by atoms with Crippen molar-refractivity contribution in [1.82, 2.24) is 15.2 Å². The van der Waals surface area contributed by atoms with Gasteiger partial charge >= 0.3 is 0 Å². The zero-order valence-electron chi connectivity index (χ0n) is 8.15. The van der Waals surface area contributed by atoms with Crippen LogP contribution in [0.4, 0.5) is 4.39 Å². The number of benzene rings is 1. The molecule has 0 amide bonds. The molecular weight excluding hydrogens is 195 g/mol. The maximum absolute atomic E-state index is 13.2. The number of aromatic nitrogens is 3. The van der Waals surface area contributed by atoms with Gasteiger partial charge in [-0.2, -0.15) is 0 Å². The molecule has 0 fully saturated rings. The van der Waals surface area contributed by atoms with Crippen LogP contribution in [0.5, 0.6) is 0 Å². The summed E-state index contributed by atoms with van der Waals surface area (Å²) < 4.78 is 13.2. The minimum Gasteiger partial charge on any atom is -0.330 e. The van der Waals surface area contributed by atoms with E-state index in [1.54, 1.807) is 12.1 Å². The number of nitrogens with two attached hydrogens (primary N) is 1. The van der Waals surface area contributed by atoms with E-state index in [0.29, 0.717) is 24.3 Å². The van der Waals surface area contributed by atoms with Gasteiger partial charge in [0.15, 0.2) is 11.6 Å². The van der Waals surface area contributed by atoms with Crippen LogP contribution in [0, 0.1) is 5.82 Å². The summed E-state index contributed by atoms with van der Waals surface area (Å²) in [5.74, 6) is 0.219. The Hall–Kier alpha value is -1.62. The van der Waals surface area contributed by atoms with E-state index in [9.17, 15) is 4.39 Å². The Balaban J connectivity index is 2.39. The Morgan fingerprint density at radius 2 is 2.13 bits per heavy atom. The normalized spacial score (nSPS) is 10.8. The minimum absolute atomic E-state index is 0.217. The quantitative estimate of drug-likeness (QED) is 0.815. The lowest BCUT2D eigenvalue weighted by Gasteiger charge is -2.00. The van der Waals surface area contributed by atoms with Gasteiger partial charge < -0.3 is 5.73 Å². The fourth-order valence-electron chi connectivity index (χ4n) is 1.33. The molecule has 2 N–H and O–H groups in total. The zero-order valence-corrected chi connectivity index (χ0v) is 8.15. The average molecular weight is 206 g/mol. The summed E-state index contributed by atoms with van der Waals surface area (Å²) in [7, 11) is 0. The molecule has 1 aromatic heterocycles. The molecule has 78 valence electrons. The minimum atomic E-state index is -0.391. The van der Waals surface area contributed by atoms with Crippen molar-refractivity contribution in [3.8, 4) is 0 Å². The van der Waals surface area contributed by atoms with Crippen LogP contribution in [0.25, 0.3) is 11.0 Å². The topological polar surface area (TPSA) is 64.7 Å². The molecule has 2 rings (SSSR count). The summed E-state index contributed by atoms with van der Waals surface area (Å²) in [6.45, 7) is 0.588. The van der Waals surface area contributed by atoms with E-state index < -0.39 is 5.82 Å². The van der Waals surface area contributed by atoms with Crippen molar-refractivity contribution in [3.05, 3.63) is 29.8 Å². The van der Waals surface area contributed by atoms with E-state index in [-0.39, 0.29) is 5.52 Å². The first-order valence-electron chi connectivity index (χ1n) is 4.79. The van der Waals surface area contributed by atoms with Gasteiger partial charge in [-0.15, -0.1) is 10.2 Å². The van der Waals surface area contributed by atoms with Gasteiger partial charge in [0.1, 0.15) is 5.52 Å². The Morgan fingerprint density at radius 3 is 2.93 bits per heavy atom. The van der Waals surface area contributed by atoms with Crippen LogP contribution in [0.15, 0.2) is 18.2 Å². The first-order valence-corrected chi connectivity index (χ1v) is 4.79. The van der Waals surface area contributed by atoms with E-state index in [0.717, 1.165) is 6.42 Å². The van der Waals surface area contributed by atoms with Crippen LogP contribution in [-0.2, 0) is 6.42 Å². The van der Waals surface area contributed by atoms with Crippen LogP contribution in [0.2, 0.25) is 0 Å². The van der Waals surface area contributed by atoms with Crippen molar-refractivity contribution < 1.29 is 4.39 Å². The number of hydrogen-bond donors (Lipinski definition) is 1. The highest BCUT2D eigenvalue weighted by Crippen LogP contribution is 2.12. The fraction of sp³-hybridized carbons (Fsp3) is 0.300. The Kier molecular flexibility index (Phi) is 2.82. The molecule has 0 saturated heterocycles. The van der Waals surface area contributed by atoms with E-state index in [4.69, 9.17) is 5.73 Å². The van der Waals surface area contributed by atoms with Gasteiger partial charge in [-0.1, -0.05) is 6.07 Å². The molecule has 0 aliphatic carbocycles. The van der Waals surface area contributed by atoms with E-state index in [2.05, 4.69) is 15.2 Å². The Morgan fingerprint density at radius 1 is 1.27 bits per heavy atom. The molecule has 0 spiro atoms. The number of halogens is 1. The molecule has 0 unspecified atom stereocenters. The average Bonchev–Trinajstić information content (AvgIpc) is 2.26. The van der Waals surface area contributed by atoms with Crippen molar-refractivity contribution in [2.45, 2.75) is 12.8 Å². The molecule has 0 aliphatic rings. The summed E-state index contributed by atoms with van der Waals surface area (Å²) >= 11 is 0. The molecule has 1 aromatic carbocycles. The molecule has 0 radical (unpaired) electrons. The smallest absolute Gasteiger partial charge is 0.152 e. The number of nitrogens with zero attached hydrogens (tertiary/aromatic N) is 3. The largest absolute Gasteiger partial charge is 0.330 e. The maximum Gasteiger partial charge on any atom is 0.152 e. The summed E-state index contributed by atoms with van der Waals surface area (Å²) in [6, 6.07) is 4.68. The van der Waals surface area contributed by atoms with E-state index >= 15 is 0 Å². The molecule has 0 aliphatic heterocycles. The van der Waals surface area contributed by atoms with Crippen LogP contribution in [0.1, 0.15) is 12.2 Å². The van der Waals surface area contributed by atoms with Gasteiger partial charge in [-0.3, -0.25) is 0 Å². The monoisotopic (exact) mass is 206 g/mol. The Bertz CT molecular complexity index is 472. The lowest BCUT2D eigenvalue weighted by molar-refractivity contribution is 0.632. The number of aryl methyl sites for hydroxylation is 1. The molecule has 4 nitrogen and oxygen atoms in total. The Labute approximate surface area is 86.3 Å². The van der Waals surface area contributed by atoms with Crippen molar-refractivity contribution in [3.63, 3.8) is 0 Å². The van der Waals surface area contributed by atoms with Crippen molar-refractivity contribution in [2.75, 3.05) is 6.54 Å². The predicted octanol–water partition coefficient (Wildman–Crippen LogP) is 1.06. The highest BCUT2D eigenvalue weighted by Gasteiger charge is 2.04. The third-order valence-electron chi connectivity index (χ3n) is 2.08. The van der Waals surface area contributed by atoms with Crippen LogP contribution < -0.4 is 5.73 Å². The molecule has 1 heterocycles. The summed E-state index contributed by atoms with van der Waals surface area (Å²) in [4.78, 5) is 4.20. The standard InChI is InChI=1S/C10H11FN4/c11-7-3-1-4-8-10(7)15-14-9(13-8)5-2-6-12/h1,3-4H,2,5-6,12H2. The molecule has 0 saturated carbocycles. The van der Waals surface area contributed by atoms with Crippen molar-refractivity contribution in [1.29, 1.82) is 0 Å². The second-order valence-electron chi connectivity index (χ2n) is 3.23. The third-order valence-corrected chi connectivity index (χ3v) is 2.08. The van der Waals surface area contributed by atoms with Crippen molar-refractivity contribution in [2.24, 2.45) is 5.73 Å². The highest BCUT2D eigenvalue weighted by molar-refractivity contribution is 5.73. The van der Waals surface area contributed by atoms with Gasteiger partial charge in [0.2, 0.25) is 0 Å². The molecule has 0 bridgehead atoms. The molecule has 5 heteroatoms. The maximum atomic E-state index is 13.2. The van der Waals surface area contributed by atoms with Gasteiger partial charge in [-0.25, -0.2) is 9.37 Å². The summed E-state index contributed by atoms with van der Waals surface area (Å²) in [5.41, 5.74) is 6.13. The van der Waals surface area contributed by atoms with E-state index in [1.165, 1.54) is 6.07 Å². The summed E-state index contributed by atoms with van der Waals surface area (Å²) in [5, 5.41) is 7.65. The van der Waals surface area contributed by atoms with Gasteiger partial charge in [0, 0.05) is 6.42 Å². The van der Waals surface area contributed by atoms with Gasteiger partial charge in [0.05, 0.1) is 5.52 Å². The molecule has 2 aromatic rings. The van der Waals surface area contributed by atoms with Crippen LogP contribution in [-0.4, -0.2) is 21.7 Å². The predicted molar refractivity (Wildman–Crippen MR) is 54.7 cm³/mol. The molecule has 0 atom stereocenters. The van der Waals surface area contributed by atoms with Gasteiger partial charge in [-0.05, 0) is 25.1 Å². The van der Waals surface area contributed by atoms with Crippen LogP contribution >= 0.6 is 0 Å². The second kappa shape index (κ2) is 4.27. The number of fused-ring (bicyclic) bond motifs is 1. The van der Waals surface area contributed by atoms with Gasteiger partial charge in [0.25, 0.3) is 0 Å². The van der Waals surface area contributed by atoms with Crippen molar-refractivity contribution >= 4 is 11.0 Å². The first kappa shape index (κ1) is 9.92.